The molecule has 15 heavy (non-hydrogen) atoms. The first-order valence-corrected chi connectivity index (χ1v) is 5.54. The van der Waals surface area contributed by atoms with Crippen molar-refractivity contribution in [1.82, 2.24) is 0 Å². The zero-order valence-corrected chi connectivity index (χ0v) is 11.4. The Morgan fingerprint density at radius 2 is 1.13 bits per heavy atom. The lowest BCUT2D eigenvalue weighted by molar-refractivity contribution is -0.157. The predicted octanol–water partition coefficient (Wildman–Crippen LogP) is 3.81. The molecule has 0 spiro atoms. The summed E-state index contributed by atoms with van der Waals surface area (Å²) in [5, 5.41) is 9.34. The molecule has 2 heteroatoms. The highest BCUT2D eigenvalue weighted by atomic mass is 16.4. The first-order chi connectivity index (χ1) is 6.31. The Bertz CT molecular complexity index is 224. The van der Waals surface area contributed by atoms with Crippen molar-refractivity contribution in [2.45, 2.75) is 55.4 Å². The molecule has 0 rings (SSSR count). The third kappa shape index (κ3) is 3.22. The number of carboxylic acid groups (broad SMARTS) is 1. The second-order valence-corrected chi connectivity index (χ2v) is 7.19. The van der Waals surface area contributed by atoms with Crippen LogP contribution >= 0.6 is 0 Å². The molecule has 0 heterocycles. The van der Waals surface area contributed by atoms with Gasteiger partial charge in [-0.1, -0.05) is 41.5 Å². The fraction of sp³-hybridized carbons (Fsp3) is 0.923. The minimum absolute atomic E-state index is 0.0137. The normalized spacial score (nSPS) is 14.5. The fourth-order valence-electron chi connectivity index (χ4n) is 3.59. The van der Waals surface area contributed by atoms with E-state index in [1.54, 1.807) is 0 Å². The highest BCUT2D eigenvalue weighted by Gasteiger charge is 2.49. The van der Waals surface area contributed by atoms with Crippen LogP contribution in [0.5, 0.6) is 0 Å². The molecule has 0 bridgehead atoms. The van der Waals surface area contributed by atoms with Crippen LogP contribution in [-0.4, -0.2) is 11.1 Å². The molecule has 0 amide bonds. The van der Waals surface area contributed by atoms with Crippen LogP contribution in [0.15, 0.2) is 0 Å². The maximum absolute atomic E-state index is 11.4. The van der Waals surface area contributed by atoms with Crippen molar-refractivity contribution in [3.8, 4) is 0 Å². The lowest BCUT2D eigenvalue weighted by atomic mass is 9.56. The van der Waals surface area contributed by atoms with E-state index in [1.807, 2.05) is 13.8 Å². The number of rotatable bonds is 2. The van der Waals surface area contributed by atoms with Crippen molar-refractivity contribution in [3.63, 3.8) is 0 Å². The van der Waals surface area contributed by atoms with Gasteiger partial charge in [-0.3, -0.25) is 4.79 Å². The van der Waals surface area contributed by atoms with Gasteiger partial charge in [-0.2, -0.15) is 0 Å². The summed E-state index contributed by atoms with van der Waals surface area (Å²) in [4.78, 5) is 11.4. The molecule has 0 aliphatic rings. The van der Waals surface area contributed by atoms with Crippen molar-refractivity contribution in [2.24, 2.45) is 22.2 Å². The molecule has 0 atom stereocenters. The largest absolute Gasteiger partial charge is 0.481 e. The summed E-state index contributed by atoms with van der Waals surface area (Å²) >= 11 is 0. The average Bonchev–Trinajstić information content (AvgIpc) is 1.76. The molecule has 0 aromatic carbocycles. The van der Waals surface area contributed by atoms with E-state index < -0.39 is 11.4 Å². The van der Waals surface area contributed by atoms with Crippen molar-refractivity contribution in [3.05, 3.63) is 0 Å². The van der Waals surface area contributed by atoms with Gasteiger partial charge in [0.15, 0.2) is 0 Å². The molecule has 0 fully saturated rings. The molecule has 1 N–H and O–H groups in total. The molecule has 0 saturated carbocycles. The Hall–Kier alpha value is -0.530. The molecule has 90 valence electrons. The van der Waals surface area contributed by atoms with Crippen LogP contribution in [0.1, 0.15) is 55.4 Å². The molecule has 0 aliphatic carbocycles. The van der Waals surface area contributed by atoms with Crippen LogP contribution in [-0.2, 0) is 4.79 Å². The zero-order valence-electron chi connectivity index (χ0n) is 11.4. The van der Waals surface area contributed by atoms with E-state index in [0.717, 1.165) is 0 Å². The molecule has 0 saturated heterocycles. The standard InChI is InChI=1S/C13H26O2/c1-11(2,3)9(12(4,5)6)13(7,8)10(14)15/h9H,1-8H3,(H,14,15). The van der Waals surface area contributed by atoms with Gasteiger partial charge in [-0.25, -0.2) is 0 Å². The van der Waals surface area contributed by atoms with Crippen LogP contribution in [0.2, 0.25) is 0 Å². The van der Waals surface area contributed by atoms with Crippen molar-refractivity contribution in [1.29, 1.82) is 0 Å². The molecular formula is C13H26O2. The van der Waals surface area contributed by atoms with Crippen molar-refractivity contribution < 1.29 is 9.90 Å². The van der Waals surface area contributed by atoms with E-state index in [0.29, 0.717) is 0 Å². The fourth-order valence-corrected chi connectivity index (χ4v) is 3.59. The van der Waals surface area contributed by atoms with E-state index in [1.165, 1.54) is 0 Å². The predicted molar refractivity (Wildman–Crippen MR) is 63.8 cm³/mol. The number of carboxylic acids is 1. The maximum Gasteiger partial charge on any atom is 0.309 e. The second-order valence-electron chi connectivity index (χ2n) is 7.19. The van der Waals surface area contributed by atoms with E-state index in [2.05, 4.69) is 41.5 Å². The second kappa shape index (κ2) is 3.80. The van der Waals surface area contributed by atoms with E-state index in [4.69, 9.17) is 0 Å². The van der Waals surface area contributed by atoms with Gasteiger partial charge < -0.3 is 5.11 Å². The molecular weight excluding hydrogens is 188 g/mol. The number of aliphatic carboxylic acids is 1. The first kappa shape index (κ1) is 14.5. The Morgan fingerprint density at radius 3 is 1.20 bits per heavy atom. The molecule has 2 nitrogen and oxygen atoms in total. The molecule has 0 aliphatic heterocycles. The summed E-state index contributed by atoms with van der Waals surface area (Å²) in [6.45, 7) is 16.4. The SMILES string of the molecule is CC(C)(C)C(C(C)(C)C)C(C)(C)C(=O)O. The van der Waals surface area contributed by atoms with Gasteiger partial charge in [-0.15, -0.1) is 0 Å². The topological polar surface area (TPSA) is 37.3 Å². The summed E-state index contributed by atoms with van der Waals surface area (Å²) in [6.07, 6.45) is 0. The summed E-state index contributed by atoms with van der Waals surface area (Å²) in [6, 6.07) is 0. The van der Waals surface area contributed by atoms with Crippen molar-refractivity contribution >= 4 is 5.97 Å². The van der Waals surface area contributed by atoms with Gasteiger partial charge in [0.2, 0.25) is 0 Å². The minimum Gasteiger partial charge on any atom is -0.481 e. The molecule has 0 aromatic rings. The first-order valence-electron chi connectivity index (χ1n) is 5.54. The summed E-state index contributed by atoms with van der Waals surface area (Å²) in [5.41, 5.74) is -0.725. The maximum atomic E-state index is 11.4. The van der Waals surface area contributed by atoms with Gasteiger partial charge in [0.05, 0.1) is 5.41 Å². The van der Waals surface area contributed by atoms with Gasteiger partial charge in [-0.05, 0) is 30.6 Å². The molecule has 0 aromatic heterocycles. The monoisotopic (exact) mass is 214 g/mol. The zero-order chi connectivity index (χ0) is 12.7. The smallest absolute Gasteiger partial charge is 0.309 e. The van der Waals surface area contributed by atoms with Gasteiger partial charge in [0, 0.05) is 0 Å². The average molecular weight is 214 g/mol. The van der Waals surface area contributed by atoms with Crippen LogP contribution in [0.4, 0.5) is 0 Å². The highest BCUT2D eigenvalue weighted by Crippen LogP contribution is 2.50. The van der Waals surface area contributed by atoms with Crippen molar-refractivity contribution in [2.75, 3.05) is 0 Å². The third-order valence-corrected chi connectivity index (χ3v) is 3.00. The third-order valence-electron chi connectivity index (χ3n) is 3.00. The van der Waals surface area contributed by atoms with E-state index >= 15 is 0 Å². The Labute approximate surface area is 94.1 Å². The number of hydrogen-bond donors (Lipinski definition) is 1. The summed E-state index contributed by atoms with van der Waals surface area (Å²) in [5.74, 6) is -0.590. The van der Waals surface area contributed by atoms with Gasteiger partial charge >= 0.3 is 5.97 Å². The lowest BCUT2D eigenvalue weighted by Crippen LogP contribution is -2.47. The van der Waals surface area contributed by atoms with Crippen LogP contribution in [0.25, 0.3) is 0 Å². The summed E-state index contributed by atoms with van der Waals surface area (Å²) in [7, 11) is 0. The summed E-state index contributed by atoms with van der Waals surface area (Å²) < 4.78 is 0. The lowest BCUT2D eigenvalue weighted by Gasteiger charge is -2.48. The quantitative estimate of drug-likeness (QED) is 0.759. The van der Waals surface area contributed by atoms with Crippen LogP contribution < -0.4 is 0 Å². The Balaban J connectivity index is 5.43. The van der Waals surface area contributed by atoms with Gasteiger partial charge in [0.25, 0.3) is 0 Å². The van der Waals surface area contributed by atoms with Crippen LogP contribution in [0.3, 0.4) is 0 Å². The minimum atomic E-state index is -0.711. The molecule has 0 unspecified atom stereocenters. The number of carbonyl (C=O) groups is 1. The molecule has 0 radical (unpaired) electrons. The van der Waals surface area contributed by atoms with Gasteiger partial charge in [0.1, 0.15) is 0 Å². The Kier molecular flexibility index (Phi) is 3.67. The Morgan fingerprint density at radius 1 is 0.867 bits per heavy atom. The van der Waals surface area contributed by atoms with E-state index in [-0.39, 0.29) is 16.7 Å². The number of hydrogen-bond acceptors (Lipinski definition) is 1. The van der Waals surface area contributed by atoms with Crippen LogP contribution in [0, 0.1) is 22.2 Å². The highest BCUT2D eigenvalue weighted by molar-refractivity contribution is 5.74. The van der Waals surface area contributed by atoms with E-state index in [9.17, 15) is 9.90 Å².